The molecule has 2 aromatic rings. The topological polar surface area (TPSA) is 45.2 Å². The van der Waals surface area contributed by atoms with Crippen molar-refractivity contribution in [3.05, 3.63) is 65.5 Å². The zero-order valence-electron chi connectivity index (χ0n) is 14.7. The van der Waals surface area contributed by atoms with Crippen molar-refractivity contribution in [2.45, 2.75) is 44.7 Å². The van der Waals surface area contributed by atoms with E-state index in [2.05, 4.69) is 24.1 Å². The molecule has 1 aromatic carbocycles. The molecular weight excluding hydrogens is 317 g/mol. The zero-order valence-corrected chi connectivity index (χ0v) is 14.7. The van der Waals surface area contributed by atoms with Gasteiger partial charge < -0.3 is 5.32 Å². The second kappa shape index (κ2) is 7.74. The van der Waals surface area contributed by atoms with Crippen LogP contribution < -0.4 is 5.32 Å². The molecule has 3 rings (SSSR count). The molecule has 132 valence electrons. The van der Waals surface area contributed by atoms with E-state index in [1.807, 2.05) is 48.7 Å². The maximum absolute atomic E-state index is 13.8. The van der Waals surface area contributed by atoms with Crippen LogP contribution in [0.5, 0.6) is 0 Å². The minimum atomic E-state index is -0.707. The molecule has 0 radical (unpaired) electrons. The molecule has 1 saturated heterocycles. The first-order valence-corrected chi connectivity index (χ1v) is 8.80. The van der Waals surface area contributed by atoms with Gasteiger partial charge in [-0.2, -0.15) is 0 Å². The van der Waals surface area contributed by atoms with Crippen molar-refractivity contribution >= 4 is 5.91 Å². The number of hydrogen-bond donors (Lipinski definition) is 1. The highest BCUT2D eigenvalue weighted by molar-refractivity contribution is 5.82. The lowest BCUT2D eigenvalue weighted by Gasteiger charge is -2.22. The Hall–Kier alpha value is -2.27. The number of aromatic nitrogens is 1. The fourth-order valence-electron chi connectivity index (χ4n) is 3.13. The molecule has 0 spiro atoms. The summed E-state index contributed by atoms with van der Waals surface area (Å²) >= 11 is 0. The molecule has 0 saturated carbocycles. The van der Waals surface area contributed by atoms with Gasteiger partial charge in [-0.05, 0) is 36.0 Å². The van der Waals surface area contributed by atoms with Crippen LogP contribution in [0, 0.1) is 0 Å². The molecule has 1 aliphatic rings. The summed E-state index contributed by atoms with van der Waals surface area (Å²) in [5.41, 5.74) is 2.84. The molecule has 1 N–H and O–H groups in total. The first kappa shape index (κ1) is 17.5. The number of hydrogen-bond acceptors (Lipinski definition) is 3. The number of carbonyl (C=O) groups is 1. The molecular formula is C20H24FN3O. The normalized spacial score (nSPS) is 19.1. The van der Waals surface area contributed by atoms with Crippen LogP contribution in [0.3, 0.4) is 0 Å². The summed E-state index contributed by atoms with van der Waals surface area (Å²) in [6, 6.07) is 12.6. The highest BCUT2D eigenvalue weighted by Gasteiger charge is 2.32. The lowest BCUT2D eigenvalue weighted by atomic mass is 10.00. The summed E-state index contributed by atoms with van der Waals surface area (Å²) in [5.74, 6) is 0.105. The standard InChI is InChI=1S/C20H24FN3O/c1-14(2)16-10-11-17(22-13-16)19(15-7-4-3-5-8-15)23-20(25)18-9-6-12-24(18)21/h3-5,7-8,10-11,13-14,18-19H,6,9,12H2,1-2H3,(H,23,25)/t18?,19-/m0/s1. The Morgan fingerprint density at radius 2 is 1.96 bits per heavy atom. The fraction of sp³-hybridized carbons (Fsp3) is 0.400. The SMILES string of the molecule is CC(C)c1ccc([C@@H](NC(=O)C2CCCN2F)c2ccccc2)nc1. The highest BCUT2D eigenvalue weighted by atomic mass is 19.2. The highest BCUT2D eigenvalue weighted by Crippen LogP contribution is 2.24. The monoisotopic (exact) mass is 341 g/mol. The van der Waals surface area contributed by atoms with Crippen molar-refractivity contribution < 1.29 is 9.28 Å². The Bertz CT molecular complexity index is 703. The van der Waals surface area contributed by atoms with Crippen molar-refractivity contribution in [1.29, 1.82) is 0 Å². The number of halogens is 1. The van der Waals surface area contributed by atoms with E-state index in [9.17, 15) is 9.28 Å². The Morgan fingerprint density at radius 1 is 1.20 bits per heavy atom. The van der Waals surface area contributed by atoms with Gasteiger partial charge in [0, 0.05) is 12.7 Å². The molecule has 1 aliphatic heterocycles. The maximum atomic E-state index is 13.8. The third kappa shape index (κ3) is 4.04. The molecule has 1 unspecified atom stereocenters. The largest absolute Gasteiger partial charge is 0.342 e. The lowest BCUT2D eigenvalue weighted by Crippen LogP contribution is -2.42. The molecule has 0 bridgehead atoms. The fourth-order valence-corrected chi connectivity index (χ4v) is 3.13. The van der Waals surface area contributed by atoms with Crippen LogP contribution in [0.1, 0.15) is 55.5 Å². The molecule has 1 aromatic heterocycles. The quantitative estimate of drug-likeness (QED) is 0.842. The van der Waals surface area contributed by atoms with Gasteiger partial charge >= 0.3 is 0 Å². The summed E-state index contributed by atoms with van der Waals surface area (Å²) in [4.78, 5) is 17.1. The van der Waals surface area contributed by atoms with E-state index in [1.165, 1.54) is 0 Å². The molecule has 1 amide bonds. The van der Waals surface area contributed by atoms with Gasteiger partial charge in [0.05, 0.1) is 11.7 Å². The number of amides is 1. The van der Waals surface area contributed by atoms with Crippen molar-refractivity contribution in [3.63, 3.8) is 0 Å². The predicted molar refractivity (Wildman–Crippen MR) is 95.6 cm³/mol. The van der Waals surface area contributed by atoms with Crippen LogP contribution in [-0.2, 0) is 4.79 Å². The molecule has 4 nitrogen and oxygen atoms in total. The van der Waals surface area contributed by atoms with Gasteiger partial charge in [0.25, 0.3) is 0 Å². The van der Waals surface area contributed by atoms with E-state index < -0.39 is 6.04 Å². The molecule has 1 fully saturated rings. The summed E-state index contributed by atoms with van der Waals surface area (Å²) < 4.78 is 13.8. The third-order valence-corrected chi connectivity index (χ3v) is 4.68. The van der Waals surface area contributed by atoms with Crippen LogP contribution in [0.25, 0.3) is 0 Å². The van der Waals surface area contributed by atoms with E-state index >= 15 is 0 Å². The van der Waals surface area contributed by atoms with Gasteiger partial charge in [-0.25, -0.2) is 0 Å². The molecule has 25 heavy (non-hydrogen) atoms. The van der Waals surface area contributed by atoms with E-state index in [1.54, 1.807) is 0 Å². The van der Waals surface area contributed by atoms with Crippen molar-refractivity contribution in [1.82, 2.24) is 15.4 Å². The molecule has 2 atom stereocenters. The van der Waals surface area contributed by atoms with E-state index in [0.29, 0.717) is 30.4 Å². The second-order valence-corrected chi connectivity index (χ2v) is 6.80. The lowest BCUT2D eigenvalue weighted by molar-refractivity contribution is -0.131. The van der Waals surface area contributed by atoms with E-state index in [-0.39, 0.29) is 11.9 Å². The molecule has 2 heterocycles. The Morgan fingerprint density at radius 3 is 2.52 bits per heavy atom. The van der Waals surface area contributed by atoms with Crippen molar-refractivity contribution in [2.24, 2.45) is 0 Å². The van der Waals surface area contributed by atoms with Gasteiger partial charge in [0.2, 0.25) is 5.91 Å². The Kier molecular flexibility index (Phi) is 5.43. The number of carbonyl (C=O) groups excluding carboxylic acids is 1. The number of rotatable bonds is 5. The second-order valence-electron chi connectivity index (χ2n) is 6.80. The van der Waals surface area contributed by atoms with Crippen LogP contribution >= 0.6 is 0 Å². The van der Waals surface area contributed by atoms with E-state index in [0.717, 1.165) is 16.8 Å². The smallest absolute Gasteiger partial charge is 0.240 e. The number of benzene rings is 1. The van der Waals surface area contributed by atoms with Gasteiger partial charge in [-0.15, -0.1) is 9.60 Å². The number of nitrogens with zero attached hydrogens (tertiary/aromatic N) is 2. The average molecular weight is 341 g/mol. The minimum Gasteiger partial charge on any atom is -0.342 e. The van der Waals surface area contributed by atoms with Crippen LogP contribution in [0.15, 0.2) is 48.7 Å². The van der Waals surface area contributed by atoms with Crippen LogP contribution in [-0.4, -0.2) is 28.6 Å². The first-order chi connectivity index (χ1) is 12.1. The Labute approximate surface area is 148 Å². The van der Waals surface area contributed by atoms with Gasteiger partial charge in [0.1, 0.15) is 6.04 Å². The van der Waals surface area contributed by atoms with E-state index in [4.69, 9.17) is 0 Å². The Balaban J connectivity index is 1.86. The number of pyridine rings is 1. The zero-order chi connectivity index (χ0) is 17.8. The minimum absolute atomic E-state index is 0.288. The molecule has 0 aliphatic carbocycles. The maximum Gasteiger partial charge on any atom is 0.240 e. The van der Waals surface area contributed by atoms with Crippen molar-refractivity contribution in [3.8, 4) is 0 Å². The third-order valence-electron chi connectivity index (χ3n) is 4.68. The number of nitrogens with one attached hydrogen (secondary N) is 1. The summed E-state index contributed by atoms with van der Waals surface area (Å²) in [6.07, 6.45) is 3.09. The van der Waals surface area contributed by atoms with Crippen molar-refractivity contribution in [2.75, 3.05) is 6.54 Å². The summed E-state index contributed by atoms with van der Waals surface area (Å²) in [6.45, 7) is 4.54. The first-order valence-electron chi connectivity index (χ1n) is 8.80. The van der Waals surface area contributed by atoms with Crippen LogP contribution in [0.2, 0.25) is 0 Å². The average Bonchev–Trinajstić information content (AvgIpc) is 3.06. The van der Waals surface area contributed by atoms with Gasteiger partial charge in [0.15, 0.2) is 0 Å². The summed E-state index contributed by atoms with van der Waals surface area (Å²) in [7, 11) is 0. The summed E-state index contributed by atoms with van der Waals surface area (Å²) in [5, 5.41) is 3.62. The van der Waals surface area contributed by atoms with Gasteiger partial charge in [-0.1, -0.05) is 50.2 Å². The molecule has 5 heteroatoms. The predicted octanol–water partition coefficient (Wildman–Crippen LogP) is 3.76. The van der Waals surface area contributed by atoms with Crippen LogP contribution in [0.4, 0.5) is 4.48 Å². The van der Waals surface area contributed by atoms with Gasteiger partial charge in [-0.3, -0.25) is 9.78 Å².